The summed E-state index contributed by atoms with van der Waals surface area (Å²) in [5, 5.41) is 20.4. The van der Waals surface area contributed by atoms with Crippen LogP contribution in [0.3, 0.4) is 0 Å². The molecule has 0 unspecified atom stereocenters. The lowest BCUT2D eigenvalue weighted by Crippen LogP contribution is -2.44. The Labute approximate surface area is 137 Å². The van der Waals surface area contributed by atoms with Gasteiger partial charge in [-0.15, -0.1) is 0 Å². The summed E-state index contributed by atoms with van der Waals surface area (Å²) >= 11 is 6.08. The van der Waals surface area contributed by atoms with Crippen molar-refractivity contribution in [3.8, 4) is 5.75 Å². The minimum atomic E-state index is -0.565. The van der Waals surface area contributed by atoms with Crippen LogP contribution in [0.2, 0.25) is 5.02 Å². The number of benzene rings is 1. The van der Waals surface area contributed by atoms with E-state index in [2.05, 4.69) is 4.90 Å². The summed E-state index contributed by atoms with van der Waals surface area (Å²) in [6.07, 6.45) is 1.26. The highest BCUT2D eigenvalue weighted by Gasteiger charge is 2.24. The van der Waals surface area contributed by atoms with E-state index in [1.54, 1.807) is 6.07 Å². The predicted molar refractivity (Wildman–Crippen MR) is 88.5 cm³/mol. The van der Waals surface area contributed by atoms with Crippen LogP contribution in [0.15, 0.2) is 18.2 Å². The van der Waals surface area contributed by atoms with E-state index in [0.717, 1.165) is 31.5 Å². The second kappa shape index (κ2) is 8.16. The molecule has 1 saturated heterocycles. The summed E-state index contributed by atoms with van der Waals surface area (Å²) in [4.78, 5) is 2.20. The predicted octanol–water partition coefficient (Wildman–Crippen LogP) is 2.48. The van der Waals surface area contributed by atoms with Gasteiger partial charge in [-0.05, 0) is 56.8 Å². The summed E-state index contributed by atoms with van der Waals surface area (Å²) in [7, 11) is 0. The van der Waals surface area contributed by atoms with Gasteiger partial charge in [-0.3, -0.25) is 0 Å². The van der Waals surface area contributed by atoms with Crippen LogP contribution in [0.25, 0.3) is 0 Å². The van der Waals surface area contributed by atoms with E-state index in [9.17, 15) is 10.2 Å². The van der Waals surface area contributed by atoms with Gasteiger partial charge in [0.2, 0.25) is 0 Å². The molecule has 0 aliphatic carbocycles. The number of β-amino-alcohol motifs (C(OH)–C–C–N with tert-alkyl or cyclic N) is 1. The Morgan fingerprint density at radius 2 is 2.18 bits per heavy atom. The van der Waals surface area contributed by atoms with E-state index in [-0.39, 0.29) is 12.7 Å². The van der Waals surface area contributed by atoms with E-state index in [4.69, 9.17) is 16.3 Å². The van der Waals surface area contributed by atoms with Gasteiger partial charge in [0, 0.05) is 13.1 Å². The largest absolute Gasteiger partial charge is 0.489 e. The highest BCUT2D eigenvalue weighted by molar-refractivity contribution is 6.32. The molecule has 3 atom stereocenters. The van der Waals surface area contributed by atoms with E-state index >= 15 is 0 Å². The van der Waals surface area contributed by atoms with Gasteiger partial charge in [0.15, 0.2) is 0 Å². The number of nitrogens with zero attached hydrogens (tertiary/aromatic N) is 1. The molecule has 0 spiro atoms. The minimum Gasteiger partial charge on any atom is -0.489 e. The Balaban J connectivity index is 1.80. The highest BCUT2D eigenvalue weighted by Crippen LogP contribution is 2.25. The number of aliphatic hydroxyl groups excluding tert-OH is 2. The first kappa shape index (κ1) is 17.5. The molecule has 1 heterocycles. The average molecular weight is 328 g/mol. The third-order valence-corrected chi connectivity index (χ3v) is 4.52. The zero-order valence-electron chi connectivity index (χ0n) is 13.3. The molecule has 1 fully saturated rings. The molecule has 5 heteroatoms. The summed E-state index contributed by atoms with van der Waals surface area (Å²) in [5.74, 6) is 0.911. The Hall–Kier alpha value is -0.810. The molecule has 0 radical (unpaired) electrons. The van der Waals surface area contributed by atoms with Crippen molar-refractivity contribution < 1.29 is 14.9 Å². The fourth-order valence-electron chi connectivity index (χ4n) is 2.91. The second-order valence-electron chi connectivity index (χ2n) is 6.30. The molecule has 0 amide bonds. The molecule has 1 aromatic rings. The van der Waals surface area contributed by atoms with Crippen LogP contribution in [0.5, 0.6) is 5.75 Å². The molecule has 0 bridgehead atoms. The van der Waals surface area contributed by atoms with Crippen molar-refractivity contribution in [2.24, 2.45) is 5.92 Å². The van der Waals surface area contributed by atoms with Crippen LogP contribution < -0.4 is 4.74 Å². The number of piperidine rings is 1. The topological polar surface area (TPSA) is 52.9 Å². The quantitative estimate of drug-likeness (QED) is 0.843. The van der Waals surface area contributed by atoms with Gasteiger partial charge in [-0.25, -0.2) is 0 Å². The standard InChI is InChI=1S/C17H26ClNO3/c1-12-5-6-16(18)17(8-12)22-11-15(21)10-19-7-3-4-14(9-19)13(2)20/h5-6,8,13-15,20-21H,3-4,7,9-11H2,1-2H3/t13-,14+,15+/m0/s1. The zero-order valence-corrected chi connectivity index (χ0v) is 14.1. The van der Waals surface area contributed by atoms with Crippen LogP contribution in [0, 0.1) is 12.8 Å². The lowest BCUT2D eigenvalue weighted by molar-refractivity contribution is 0.0244. The molecule has 1 aliphatic heterocycles. The number of halogens is 1. The maximum atomic E-state index is 10.2. The lowest BCUT2D eigenvalue weighted by atomic mass is 9.93. The van der Waals surface area contributed by atoms with E-state index in [1.165, 1.54) is 0 Å². The summed E-state index contributed by atoms with van der Waals surface area (Å²) in [6.45, 7) is 6.40. The van der Waals surface area contributed by atoms with Crippen molar-refractivity contribution in [2.45, 2.75) is 38.9 Å². The molecule has 1 aromatic carbocycles. The van der Waals surface area contributed by atoms with Crippen LogP contribution >= 0.6 is 11.6 Å². The third kappa shape index (κ3) is 5.13. The maximum Gasteiger partial charge on any atom is 0.138 e. The molecule has 0 saturated carbocycles. The Morgan fingerprint density at radius 1 is 1.41 bits per heavy atom. The Bertz CT molecular complexity index is 481. The number of likely N-dealkylation sites (tertiary alicyclic amines) is 1. The smallest absolute Gasteiger partial charge is 0.138 e. The van der Waals surface area contributed by atoms with Gasteiger partial charge in [-0.1, -0.05) is 17.7 Å². The number of aryl methyl sites for hydroxylation is 1. The minimum absolute atomic E-state index is 0.221. The molecule has 0 aromatic heterocycles. The van der Waals surface area contributed by atoms with Crippen molar-refractivity contribution >= 4 is 11.6 Å². The molecule has 4 nitrogen and oxygen atoms in total. The van der Waals surface area contributed by atoms with Crippen molar-refractivity contribution in [3.05, 3.63) is 28.8 Å². The Kier molecular flexibility index (Phi) is 6.50. The van der Waals surface area contributed by atoms with Crippen molar-refractivity contribution in [1.82, 2.24) is 4.90 Å². The molecule has 1 aliphatic rings. The summed E-state index contributed by atoms with van der Waals surface area (Å²) < 4.78 is 5.64. The van der Waals surface area contributed by atoms with Crippen LogP contribution in [-0.4, -0.2) is 53.6 Å². The first-order valence-corrected chi connectivity index (χ1v) is 8.31. The third-order valence-electron chi connectivity index (χ3n) is 4.21. The maximum absolute atomic E-state index is 10.2. The SMILES string of the molecule is Cc1ccc(Cl)c(OC[C@H](O)CN2CCC[C@@H]([C@H](C)O)C2)c1. The highest BCUT2D eigenvalue weighted by atomic mass is 35.5. The monoisotopic (exact) mass is 327 g/mol. The number of ether oxygens (including phenoxy) is 1. The van der Waals surface area contributed by atoms with Gasteiger partial charge in [0.25, 0.3) is 0 Å². The number of rotatable bonds is 6. The molecular weight excluding hydrogens is 302 g/mol. The first-order valence-electron chi connectivity index (χ1n) is 7.93. The van der Waals surface area contributed by atoms with E-state index in [0.29, 0.717) is 23.2 Å². The summed E-state index contributed by atoms with van der Waals surface area (Å²) in [5.41, 5.74) is 1.07. The Morgan fingerprint density at radius 3 is 2.91 bits per heavy atom. The normalized spacial score (nSPS) is 22.3. The first-order chi connectivity index (χ1) is 10.5. The van der Waals surface area contributed by atoms with Gasteiger partial charge in [0.1, 0.15) is 18.5 Å². The number of hydrogen-bond acceptors (Lipinski definition) is 4. The fraction of sp³-hybridized carbons (Fsp3) is 0.647. The molecule has 124 valence electrons. The van der Waals surface area contributed by atoms with E-state index in [1.807, 2.05) is 26.0 Å². The van der Waals surface area contributed by atoms with Gasteiger partial charge in [-0.2, -0.15) is 0 Å². The van der Waals surface area contributed by atoms with Crippen molar-refractivity contribution in [2.75, 3.05) is 26.2 Å². The molecule has 22 heavy (non-hydrogen) atoms. The number of aliphatic hydroxyl groups is 2. The molecule has 2 rings (SSSR count). The molecular formula is C17H26ClNO3. The van der Waals surface area contributed by atoms with E-state index < -0.39 is 6.10 Å². The van der Waals surface area contributed by atoms with Gasteiger partial charge < -0.3 is 19.8 Å². The second-order valence-corrected chi connectivity index (χ2v) is 6.71. The zero-order chi connectivity index (χ0) is 16.1. The van der Waals surface area contributed by atoms with Crippen LogP contribution in [-0.2, 0) is 0 Å². The summed E-state index contributed by atoms with van der Waals surface area (Å²) in [6, 6.07) is 5.60. The average Bonchev–Trinajstić information content (AvgIpc) is 2.48. The van der Waals surface area contributed by atoms with Crippen LogP contribution in [0.1, 0.15) is 25.3 Å². The lowest BCUT2D eigenvalue weighted by Gasteiger charge is -2.35. The fourth-order valence-corrected chi connectivity index (χ4v) is 3.08. The van der Waals surface area contributed by atoms with Crippen molar-refractivity contribution in [3.63, 3.8) is 0 Å². The van der Waals surface area contributed by atoms with Gasteiger partial charge >= 0.3 is 0 Å². The molecule has 2 N–H and O–H groups in total. The number of hydrogen-bond donors (Lipinski definition) is 2. The van der Waals surface area contributed by atoms with Gasteiger partial charge in [0.05, 0.1) is 11.1 Å². The van der Waals surface area contributed by atoms with Crippen molar-refractivity contribution in [1.29, 1.82) is 0 Å². The van der Waals surface area contributed by atoms with Crippen LogP contribution in [0.4, 0.5) is 0 Å².